The second-order valence-electron chi connectivity index (χ2n) is 6.95. The summed E-state index contributed by atoms with van der Waals surface area (Å²) >= 11 is 0. The molecule has 0 saturated heterocycles. The van der Waals surface area contributed by atoms with Crippen molar-refractivity contribution in [3.8, 4) is 5.75 Å². The van der Waals surface area contributed by atoms with E-state index in [2.05, 4.69) is 4.98 Å². The summed E-state index contributed by atoms with van der Waals surface area (Å²) in [4.78, 5) is 4.40. The number of hydrogen-bond donors (Lipinski definition) is 3. The van der Waals surface area contributed by atoms with Gasteiger partial charge in [0.15, 0.2) is 0 Å². The molecule has 0 saturated carbocycles. The fourth-order valence-electron chi connectivity index (χ4n) is 3.15. The molecule has 148 valence electrons. The quantitative estimate of drug-likeness (QED) is 0.530. The van der Waals surface area contributed by atoms with Crippen LogP contribution in [0, 0.1) is 19.3 Å². The zero-order valence-corrected chi connectivity index (χ0v) is 16.8. The molecule has 3 rings (SSSR count). The van der Waals surface area contributed by atoms with Gasteiger partial charge in [-0.15, -0.1) is 0 Å². The molecule has 0 amide bonds. The van der Waals surface area contributed by atoms with E-state index in [-0.39, 0.29) is 0 Å². The number of hydrogen-bond acceptors (Lipinski definition) is 5. The van der Waals surface area contributed by atoms with Gasteiger partial charge in [0, 0.05) is 41.0 Å². The fourth-order valence-corrected chi connectivity index (χ4v) is 3.15. The molecule has 0 atom stereocenters. The maximum absolute atomic E-state index is 7.87. The van der Waals surface area contributed by atoms with Gasteiger partial charge in [-0.3, -0.25) is 4.98 Å². The molecule has 0 fully saturated rings. The second-order valence-corrected chi connectivity index (χ2v) is 6.95. The Labute approximate surface area is 171 Å². The molecule has 5 N–H and O–H groups in total. The van der Waals surface area contributed by atoms with Crippen molar-refractivity contribution in [3.05, 3.63) is 94.3 Å². The minimum absolute atomic E-state index is 0.456. The van der Waals surface area contributed by atoms with Crippen LogP contribution in [0.25, 0.3) is 11.3 Å². The summed E-state index contributed by atoms with van der Waals surface area (Å²) in [6, 6.07) is 19.5. The molecule has 0 aliphatic rings. The van der Waals surface area contributed by atoms with Gasteiger partial charge in [-0.25, -0.2) is 0 Å². The van der Waals surface area contributed by atoms with Gasteiger partial charge in [-0.1, -0.05) is 36.4 Å². The van der Waals surface area contributed by atoms with Gasteiger partial charge < -0.3 is 21.6 Å². The molecule has 0 radical (unpaired) electrons. The Balaban J connectivity index is 1.84. The number of nitrogens with zero attached hydrogens (tertiary/aromatic N) is 1. The summed E-state index contributed by atoms with van der Waals surface area (Å²) in [5.41, 5.74) is 18.9. The largest absolute Gasteiger partial charge is 0.489 e. The highest BCUT2D eigenvalue weighted by molar-refractivity contribution is 6.17. The van der Waals surface area contributed by atoms with Crippen molar-refractivity contribution in [2.24, 2.45) is 11.5 Å². The summed E-state index contributed by atoms with van der Waals surface area (Å²) in [7, 11) is 0. The van der Waals surface area contributed by atoms with Crippen LogP contribution < -0.4 is 16.2 Å². The lowest BCUT2D eigenvalue weighted by Crippen LogP contribution is -2.04. The SMILES string of the molecule is Cc1cc(/C(C=N)=C(/N)c2cccc(OCc3ccc(CN)cc3)c2)cc(C)n1. The summed E-state index contributed by atoms with van der Waals surface area (Å²) in [6.45, 7) is 4.85. The number of aryl methyl sites for hydroxylation is 2. The number of pyridine rings is 1. The molecular formula is C24H26N4O. The molecule has 29 heavy (non-hydrogen) atoms. The second kappa shape index (κ2) is 9.17. The Morgan fingerprint density at radius 3 is 2.24 bits per heavy atom. The van der Waals surface area contributed by atoms with Crippen LogP contribution in [0.2, 0.25) is 0 Å². The van der Waals surface area contributed by atoms with Gasteiger partial charge in [0.25, 0.3) is 0 Å². The lowest BCUT2D eigenvalue weighted by molar-refractivity contribution is 0.306. The first-order valence-corrected chi connectivity index (χ1v) is 9.47. The third-order valence-electron chi connectivity index (χ3n) is 4.64. The summed E-state index contributed by atoms with van der Waals surface area (Å²) in [5.74, 6) is 0.722. The Hall–Kier alpha value is -3.44. The monoisotopic (exact) mass is 386 g/mol. The Morgan fingerprint density at radius 1 is 0.966 bits per heavy atom. The van der Waals surface area contributed by atoms with Crippen LogP contribution in [0.3, 0.4) is 0 Å². The zero-order chi connectivity index (χ0) is 20.8. The van der Waals surface area contributed by atoms with E-state index >= 15 is 0 Å². The van der Waals surface area contributed by atoms with Crippen LogP contribution in [0.1, 0.15) is 33.6 Å². The first-order valence-electron chi connectivity index (χ1n) is 9.47. The number of ether oxygens (including phenoxy) is 1. The molecule has 0 aliphatic carbocycles. The van der Waals surface area contributed by atoms with Gasteiger partial charge in [0.1, 0.15) is 12.4 Å². The normalized spacial score (nSPS) is 11.7. The van der Waals surface area contributed by atoms with Crippen LogP contribution in [0.15, 0.2) is 60.7 Å². The van der Waals surface area contributed by atoms with E-state index in [4.69, 9.17) is 21.6 Å². The topological polar surface area (TPSA) is 98.0 Å². The van der Waals surface area contributed by atoms with E-state index in [1.54, 1.807) is 0 Å². The van der Waals surface area contributed by atoms with Crippen molar-refractivity contribution in [2.45, 2.75) is 27.0 Å². The van der Waals surface area contributed by atoms with E-state index < -0.39 is 0 Å². The first kappa shape index (κ1) is 20.3. The molecule has 2 aromatic carbocycles. The highest BCUT2D eigenvalue weighted by atomic mass is 16.5. The van der Waals surface area contributed by atoms with E-state index in [9.17, 15) is 0 Å². The van der Waals surface area contributed by atoms with Gasteiger partial charge in [-0.2, -0.15) is 0 Å². The van der Waals surface area contributed by atoms with Crippen LogP contribution in [0.4, 0.5) is 0 Å². The molecule has 3 aromatic rings. The maximum Gasteiger partial charge on any atom is 0.120 e. The lowest BCUT2D eigenvalue weighted by Gasteiger charge is -2.12. The average molecular weight is 386 g/mol. The predicted octanol–water partition coefficient (Wildman–Crippen LogP) is 4.21. The molecular weight excluding hydrogens is 360 g/mol. The van der Waals surface area contributed by atoms with Crippen LogP contribution in [0.5, 0.6) is 5.75 Å². The number of rotatable bonds is 7. The van der Waals surface area contributed by atoms with Gasteiger partial charge in [-0.05, 0) is 54.8 Å². The van der Waals surface area contributed by atoms with E-state index in [1.165, 1.54) is 6.21 Å². The molecule has 0 bridgehead atoms. The number of benzene rings is 2. The number of nitrogens with one attached hydrogen (secondary N) is 1. The van der Waals surface area contributed by atoms with Crippen molar-refractivity contribution in [1.82, 2.24) is 4.98 Å². The van der Waals surface area contributed by atoms with Crippen LogP contribution >= 0.6 is 0 Å². The third-order valence-corrected chi connectivity index (χ3v) is 4.64. The molecule has 0 spiro atoms. The van der Waals surface area contributed by atoms with Crippen molar-refractivity contribution in [2.75, 3.05) is 0 Å². The maximum atomic E-state index is 7.87. The molecule has 1 heterocycles. The molecule has 5 heteroatoms. The highest BCUT2D eigenvalue weighted by Crippen LogP contribution is 2.25. The van der Waals surface area contributed by atoms with E-state index in [0.29, 0.717) is 24.4 Å². The Morgan fingerprint density at radius 2 is 1.62 bits per heavy atom. The lowest BCUT2D eigenvalue weighted by atomic mass is 10.00. The third kappa shape index (κ3) is 5.09. The van der Waals surface area contributed by atoms with E-state index in [1.807, 2.05) is 74.5 Å². The average Bonchev–Trinajstić information content (AvgIpc) is 2.72. The van der Waals surface area contributed by atoms with Crippen molar-refractivity contribution in [3.63, 3.8) is 0 Å². The fraction of sp³-hybridized carbons (Fsp3) is 0.167. The molecule has 0 unspecified atom stereocenters. The van der Waals surface area contributed by atoms with Gasteiger partial charge >= 0.3 is 0 Å². The minimum atomic E-state index is 0.456. The van der Waals surface area contributed by atoms with Crippen molar-refractivity contribution in [1.29, 1.82) is 5.41 Å². The highest BCUT2D eigenvalue weighted by Gasteiger charge is 2.09. The molecule has 5 nitrogen and oxygen atoms in total. The Bertz CT molecular complexity index is 1020. The summed E-state index contributed by atoms with van der Waals surface area (Å²) < 4.78 is 5.94. The summed E-state index contributed by atoms with van der Waals surface area (Å²) in [6.07, 6.45) is 1.29. The van der Waals surface area contributed by atoms with Crippen molar-refractivity contribution < 1.29 is 4.74 Å². The van der Waals surface area contributed by atoms with Crippen LogP contribution in [-0.2, 0) is 13.2 Å². The van der Waals surface area contributed by atoms with Crippen LogP contribution in [-0.4, -0.2) is 11.2 Å². The van der Waals surface area contributed by atoms with E-state index in [0.717, 1.165) is 39.4 Å². The smallest absolute Gasteiger partial charge is 0.120 e. The Kier molecular flexibility index (Phi) is 6.42. The molecule has 1 aromatic heterocycles. The predicted molar refractivity (Wildman–Crippen MR) is 119 cm³/mol. The first-order chi connectivity index (χ1) is 14.0. The minimum Gasteiger partial charge on any atom is -0.489 e. The number of aromatic nitrogens is 1. The molecule has 0 aliphatic heterocycles. The number of allylic oxidation sites excluding steroid dienone is 1. The zero-order valence-electron chi connectivity index (χ0n) is 16.8. The number of nitrogens with two attached hydrogens (primary N) is 2. The standard InChI is InChI=1S/C24H26N4O/c1-16-10-21(11-17(2)28-16)23(14-26)24(27)20-4-3-5-22(12-20)29-15-19-8-6-18(13-25)7-9-19/h3-12,14,26H,13,15,25,27H2,1-2H3/b24-23+,26-14?. The van der Waals surface area contributed by atoms with Gasteiger partial charge in [0.2, 0.25) is 0 Å². The summed E-state index contributed by atoms with van der Waals surface area (Å²) in [5, 5.41) is 7.87. The van der Waals surface area contributed by atoms with Crippen molar-refractivity contribution >= 4 is 17.5 Å². The van der Waals surface area contributed by atoms with Gasteiger partial charge in [0.05, 0.1) is 0 Å².